The fourth-order valence-electron chi connectivity index (χ4n) is 3.52. The van der Waals surface area contributed by atoms with Crippen LogP contribution in [-0.2, 0) is 5.75 Å². The normalized spacial score (nSPS) is 15.3. The number of benzene rings is 2. The van der Waals surface area contributed by atoms with Crippen LogP contribution in [0.15, 0.2) is 60.8 Å². The van der Waals surface area contributed by atoms with Crippen LogP contribution in [0.3, 0.4) is 0 Å². The molecule has 3 nitrogen and oxygen atoms in total. The molecule has 3 aromatic rings. The highest BCUT2D eigenvalue weighted by molar-refractivity contribution is 7.98. The Morgan fingerprint density at radius 3 is 2.81 bits per heavy atom. The Bertz CT molecular complexity index is 898. The first-order valence-electron chi connectivity index (χ1n) is 9.19. The monoisotopic (exact) mass is 363 g/mol. The first-order valence-corrected chi connectivity index (χ1v) is 10.3. The van der Waals surface area contributed by atoms with Crippen LogP contribution in [0.25, 0.3) is 16.5 Å². The zero-order valence-corrected chi connectivity index (χ0v) is 15.8. The predicted molar refractivity (Wildman–Crippen MR) is 114 cm³/mol. The van der Waals surface area contributed by atoms with Gasteiger partial charge in [0.1, 0.15) is 0 Å². The molecule has 3 N–H and O–H groups in total. The summed E-state index contributed by atoms with van der Waals surface area (Å²) < 4.78 is 0. The molecule has 4 heteroatoms. The second kappa shape index (κ2) is 8.02. The lowest BCUT2D eigenvalue weighted by atomic mass is 10.00. The zero-order chi connectivity index (χ0) is 17.8. The lowest BCUT2D eigenvalue weighted by Crippen LogP contribution is -2.30. The molecule has 1 aliphatic rings. The number of nitrogens with zero attached hydrogens (tertiary/aromatic N) is 1. The van der Waals surface area contributed by atoms with E-state index in [4.69, 9.17) is 5.73 Å². The van der Waals surface area contributed by atoms with Gasteiger partial charge in [-0.05, 0) is 41.3 Å². The van der Waals surface area contributed by atoms with Gasteiger partial charge in [-0.1, -0.05) is 36.4 Å². The average molecular weight is 364 g/mol. The number of aromatic nitrogens is 1. The number of H-pyrrole nitrogens is 1. The molecular formula is C22H25N3S. The Morgan fingerprint density at radius 1 is 1.12 bits per heavy atom. The molecule has 0 unspecified atom stereocenters. The summed E-state index contributed by atoms with van der Waals surface area (Å²) in [5.74, 6) is 2.19. The van der Waals surface area contributed by atoms with Crippen molar-refractivity contribution in [2.24, 2.45) is 0 Å². The van der Waals surface area contributed by atoms with Crippen molar-refractivity contribution in [2.45, 2.75) is 12.2 Å². The number of hydrogen-bond donors (Lipinski definition) is 2. The first kappa shape index (κ1) is 17.3. The Kier molecular flexibility index (Phi) is 5.32. The van der Waals surface area contributed by atoms with Crippen LogP contribution in [0.2, 0.25) is 0 Å². The molecule has 134 valence electrons. The Balaban J connectivity index is 1.25. The van der Waals surface area contributed by atoms with E-state index >= 15 is 0 Å². The summed E-state index contributed by atoms with van der Waals surface area (Å²) in [4.78, 5) is 5.89. The largest absolute Gasteiger partial charge is 0.399 e. The van der Waals surface area contributed by atoms with Gasteiger partial charge < -0.3 is 10.7 Å². The molecule has 0 radical (unpaired) electrons. The van der Waals surface area contributed by atoms with Gasteiger partial charge in [-0.3, -0.25) is 4.90 Å². The summed E-state index contributed by atoms with van der Waals surface area (Å²) in [5, 5.41) is 1.26. The lowest BCUT2D eigenvalue weighted by Gasteiger charge is -2.26. The van der Waals surface area contributed by atoms with Gasteiger partial charge in [0.25, 0.3) is 0 Å². The second-order valence-corrected chi connectivity index (χ2v) is 7.92. The van der Waals surface area contributed by atoms with Crippen molar-refractivity contribution in [3.05, 3.63) is 71.9 Å². The Labute approximate surface area is 159 Å². The molecule has 2 aromatic carbocycles. The van der Waals surface area contributed by atoms with Gasteiger partial charge in [0, 0.05) is 53.9 Å². The standard InChI is InChI=1S/C22H25N3S/c23-20-6-7-22-21(14-20)19(15-24-22)16-26-13-12-25-10-8-18(9-11-25)17-4-2-1-3-5-17/h1-8,14-15,24H,9-13,16,23H2. The van der Waals surface area contributed by atoms with Crippen molar-refractivity contribution in [3.8, 4) is 0 Å². The van der Waals surface area contributed by atoms with E-state index < -0.39 is 0 Å². The third kappa shape index (κ3) is 3.97. The van der Waals surface area contributed by atoms with E-state index in [0.717, 1.165) is 43.2 Å². The van der Waals surface area contributed by atoms with Crippen molar-refractivity contribution < 1.29 is 0 Å². The molecule has 1 aliphatic heterocycles. The van der Waals surface area contributed by atoms with Crippen LogP contribution in [-0.4, -0.2) is 35.3 Å². The number of nitrogen functional groups attached to an aromatic ring is 1. The predicted octanol–water partition coefficient (Wildman–Crippen LogP) is 4.77. The maximum absolute atomic E-state index is 5.92. The minimum absolute atomic E-state index is 0.831. The number of hydrogen-bond acceptors (Lipinski definition) is 3. The fourth-order valence-corrected chi connectivity index (χ4v) is 4.51. The van der Waals surface area contributed by atoms with Gasteiger partial charge in [0.2, 0.25) is 0 Å². The number of thioether (sulfide) groups is 1. The van der Waals surface area contributed by atoms with E-state index in [1.165, 1.54) is 27.6 Å². The summed E-state index contributed by atoms with van der Waals surface area (Å²) >= 11 is 2.00. The first-order chi connectivity index (χ1) is 12.8. The number of rotatable bonds is 6. The third-order valence-corrected chi connectivity index (χ3v) is 6.03. The number of aromatic amines is 1. The van der Waals surface area contributed by atoms with Gasteiger partial charge in [-0.2, -0.15) is 11.8 Å². The lowest BCUT2D eigenvalue weighted by molar-refractivity contribution is 0.321. The van der Waals surface area contributed by atoms with Crippen LogP contribution >= 0.6 is 11.8 Å². The molecule has 4 rings (SSSR count). The van der Waals surface area contributed by atoms with Gasteiger partial charge in [0.05, 0.1) is 0 Å². The second-order valence-electron chi connectivity index (χ2n) is 6.82. The van der Waals surface area contributed by atoms with Crippen molar-refractivity contribution in [1.82, 2.24) is 9.88 Å². The summed E-state index contributed by atoms with van der Waals surface area (Å²) in [6, 6.07) is 16.8. The highest BCUT2D eigenvalue weighted by Gasteiger charge is 2.12. The molecule has 2 heterocycles. The molecular weight excluding hydrogens is 338 g/mol. The summed E-state index contributed by atoms with van der Waals surface area (Å²) in [5.41, 5.74) is 12.1. The SMILES string of the molecule is Nc1ccc2[nH]cc(CSCCN3CC=C(c4ccccc4)CC3)c2c1. The highest BCUT2D eigenvalue weighted by atomic mass is 32.2. The van der Waals surface area contributed by atoms with Crippen LogP contribution in [0.4, 0.5) is 5.69 Å². The third-order valence-electron chi connectivity index (χ3n) is 5.04. The molecule has 1 aromatic heterocycles. The summed E-state index contributed by atoms with van der Waals surface area (Å²) in [6.45, 7) is 3.37. The zero-order valence-electron chi connectivity index (χ0n) is 14.9. The molecule has 0 bridgehead atoms. The molecule has 26 heavy (non-hydrogen) atoms. The molecule has 0 amide bonds. The van der Waals surface area contributed by atoms with Crippen molar-refractivity contribution in [3.63, 3.8) is 0 Å². The molecule has 0 fully saturated rings. The van der Waals surface area contributed by atoms with E-state index in [1.807, 2.05) is 17.8 Å². The maximum Gasteiger partial charge on any atom is 0.0458 e. The number of anilines is 1. The Morgan fingerprint density at radius 2 is 2.00 bits per heavy atom. The van der Waals surface area contributed by atoms with Gasteiger partial charge in [0.15, 0.2) is 0 Å². The topological polar surface area (TPSA) is 45.1 Å². The van der Waals surface area contributed by atoms with E-state index in [1.54, 1.807) is 0 Å². The van der Waals surface area contributed by atoms with E-state index in [9.17, 15) is 0 Å². The quantitative estimate of drug-likeness (QED) is 0.490. The molecule has 0 saturated heterocycles. The van der Waals surface area contributed by atoms with E-state index in [-0.39, 0.29) is 0 Å². The minimum Gasteiger partial charge on any atom is -0.399 e. The Hall–Kier alpha value is -2.17. The van der Waals surface area contributed by atoms with Crippen LogP contribution in [0.5, 0.6) is 0 Å². The van der Waals surface area contributed by atoms with E-state index in [2.05, 4.69) is 64.6 Å². The maximum atomic E-state index is 5.92. The van der Waals surface area contributed by atoms with Gasteiger partial charge >= 0.3 is 0 Å². The highest BCUT2D eigenvalue weighted by Crippen LogP contribution is 2.25. The van der Waals surface area contributed by atoms with Crippen molar-refractivity contribution in [1.29, 1.82) is 0 Å². The molecule has 0 saturated carbocycles. The minimum atomic E-state index is 0.831. The molecule has 0 atom stereocenters. The number of nitrogens with one attached hydrogen (secondary N) is 1. The fraction of sp³-hybridized carbons (Fsp3) is 0.273. The summed E-state index contributed by atoms with van der Waals surface area (Å²) in [7, 11) is 0. The summed E-state index contributed by atoms with van der Waals surface area (Å²) in [6.07, 6.45) is 5.66. The van der Waals surface area contributed by atoms with Crippen molar-refractivity contribution >= 4 is 33.9 Å². The van der Waals surface area contributed by atoms with Crippen LogP contribution in [0, 0.1) is 0 Å². The van der Waals surface area contributed by atoms with Crippen LogP contribution < -0.4 is 5.73 Å². The number of fused-ring (bicyclic) bond motifs is 1. The van der Waals surface area contributed by atoms with Crippen LogP contribution in [0.1, 0.15) is 17.5 Å². The molecule has 0 spiro atoms. The van der Waals surface area contributed by atoms with Gasteiger partial charge in [-0.25, -0.2) is 0 Å². The average Bonchev–Trinajstić information content (AvgIpc) is 3.08. The molecule has 0 aliphatic carbocycles. The number of nitrogens with two attached hydrogens (primary N) is 1. The van der Waals surface area contributed by atoms with E-state index in [0.29, 0.717) is 0 Å². The van der Waals surface area contributed by atoms with Gasteiger partial charge in [-0.15, -0.1) is 0 Å². The smallest absolute Gasteiger partial charge is 0.0458 e. The van der Waals surface area contributed by atoms with Crippen molar-refractivity contribution in [2.75, 3.05) is 31.1 Å².